The third-order valence-corrected chi connectivity index (χ3v) is 8.34. The fourth-order valence-corrected chi connectivity index (χ4v) is 6.01. The van der Waals surface area contributed by atoms with Gasteiger partial charge >= 0.3 is 6.03 Å². The number of thiazole rings is 1. The normalized spacial score (nSPS) is 14.3. The molecular weight excluding hydrogens is 448 g/mol. The molecule has 3 aromatic rings. The highest BCUT2D eigenvalue weighted by atomic mass is 32.2. The topological polar surface area (TPSA) is 118 Å². The summed E-state index contributed by atoms with van der Waals surface area (Å²) in [5.74, 6) is 0.0261. The minimum Gasteiger partial charge on any atom is -0.307 e. The van der Waals surface area contributed by atoms with Gasteiger partial charge in [0.15, 0.2) is 15.9 Å². The van der Waals surface area contributed by atoms with Gasteiger partial charge in [0.25, 0.3) is 0 Å². The van der Waals surface area contributed by atoms with Crippen molar-refractivity contribution in [3.05, 3.63) is 59.9 Å². The lowest BCUT2D eigenvalue weighted by Gasteiger charge is -2.14. The van der Waals surface area contributed by atoms with Crippen molar-refractivity contribution >= 4 is 43.8 Å². The number of nitrogens with zero attached hydrogens (tertiary/aromatic N) is 2. The van der Waals surface area contributed by atoms with Crippen LogP contribution in [-0.2, 0) is 9.84 Å². The van der Waals surface area contributed by atoms with Crippen molar-refractivity contribution in [1.82, 2.24) is 9.97 Å². The van der Waals surface area contributed by atoms with E-state index in [-0.39, 0.29) is 26.1 Å². The summed E-state index contributed by atoms with van der Waals surface area (Å²) in [4.78, 5) is 33.4. The molecule has 4 rings (SSSR count). The number of aryl methyl sites for hydroxylation is 1. The first-order valence-electron chi connectivity index (χ1n) is 10.2. The van der Waals surface area contributed by atoms with Crippen molar-refractivity contribution in [3.8, 4) is 0 Å². The van der Waals surface area contributed by atoms with Crippen molar-refractivity contribution in [2.75, 3.05) is 10.6 Å². The Labute approximate surface area is 190 Å². The zero-order valence-corrected chi connectivity index (χ0v) is 19.0. The van der Waals surface area contributed by atoms with E-state index in [4.69, 9.17) is 0 Å². The lowest BCUT2D eigenvalue weighted by molar-refractivity contribution is 0.0923. The molecule has 0 atom stereocenters. The van der Waals surface area contributed by atoms with Crippen LogP contribution in [0.25, 0.3) is 0 Å². The van der Waals surface area contributed by atoms with Crippen molar-refractivity contribution in [1.29, 1.82) is 0 Å². The zero-order valence-electron chi connectivity index (χ0n) is 17.4. The summed E-state index contributed by atoms with van der Waals surface area (Å²) in [7, 11) is -3.82. The number of ketones is 1. The van der Waals surface area contributed by atoms with Gasteiger partial charge in [0.1, 0.15) is 4.21 Å². The molecule has 1 aliphatic carbocycles. The number of aromatic nitrogens is 2. The predicted molar refractivity (Wildman–Crippen MR) is 122 cm³/mol. The summed E-state index contributed by atoms with van der Waals surface area (Å²) in [6, 6.07) is 9.31. The molecule has 0 aliphatic heterocycles. The van der Waals surface area contributed by atoms with Crippen LogP contribution in [0.2, 0.25) is 0 Å². The lowest BCUT2D eigenvalue weighted by atomic mass is 9.94. The fourth-order valence-electron chi connectivity index (χ4n) is 3.68. The number of amides is 2. The van der Waals surface area contributed by atoms with Crippen molar-refractivity contribution in [2.45, 2.75) is 41.8 Å². The van der Waals surface area contributed by atoms with Gasteiger partial charge in [-0.2, -0.15) is 0 Å². The smallest absolute Gasteiger partial charge is 0.307 e. The molecule has 10 heteroatoms. The Balaban J connectivity index is 1.49. The maximum Gasteiger partial charge on any atom is 0.325 e. The Morgan fingerprint density at radius 1 is 1.06 bits per heavy atom. The van der Waals surface area contributed by atoms with E-state index < -0.39 is 15.9 Å². The minimum atomic E-state index is -3.82. The van der Waals surface area contributed by atoms with Gasteiger partial charge in [-0.3, -0.25) is 10.1 Å². The average Bonchev–Trinajstić information content (AvgIpc) is 3.48. The number of nitrogens with one attached hydrogen (secondary N) is 2. The maximum atomic E-state index is 13.0. The molecule has 0 saturated heterocycles. The highest BCUT2D eigenvalue weighted by Gasteiger charge is 2.26. The molecule has 0 bridgehead atoms. The highest BCUT2D eigenvalue weighted by molar-refractivity contribution is 7.93. The molecule has 2 aromatic heterocycles. The molecule has 0 unspecified atom stereocenters. The van der Waals surface area contributed by atoms with E-state index in [1.807, 2.05) is 13.0 Å². The van der Waals surface area contributed by atoms with Gasteiger partial charge in [0.2, 0.25) is 9.84 Å². The largest absolute Gasteiger partial charge is 0.325 e. The molecule has 2 amide bonds. The Morgan fingerprint density at radius 3 is 2.56 bits per heavy atom. The van der Waals surface area contributed by atoms with Crippen molar-refractivity contribution < 1.29 is 18.0 Å². The van der Waals surface area contributed by atoms with E-state index >= 15 is 0 Å². The highest BCUT2D eigenvalue weighted by Crippen LogP contribution is 2.31. The van der Waals surface area contributed by atoms with Gasteiger partial charge in [-0.15, -0.1) is 0 Å². The van der Waals surface area contributed by atoms with Crippen LogP contribution < -0.4 is 10.6 Å². The standard InChI is InChI=1S/C22H22N4O4S2/c1-14-9-10-17(16(12-14)20(27)15-6-2-3-7-15)25-21(28)26-22-24-13-19(31-22)32(29,30)18-8-4-5-11-23-18/h4-5,8-13,15H,2-3,6-7H2,1H3,(H2,24,25,26,28). The molecule has 2 N–H and O–H groups in total. The molecule has 1 aliphatic rings. The predicted octanol–water partition coefficient (Wildman–Crippen LogP) is 4.70. The van der Waals surface area contributed by atoms with Crippen LogP contribution >= 0.6 is 11.3 Å². The van der Waals surface area contributed by atoms with E-state index in [1.54, 1.807) is 24.3 Å². The summed E-state index contributed by atoms with van der Waals surface area (Å²) < 4.78 is 25.3. The maximum absolute atomic E-state index is 13.0. The molecule has 32 heavy (non-hydrogen) atoms. The molecular formula is C22H22N4O4S2. The first kappa shape index (κ1) is 22.1. The summed E-state index contributed by atoms with van der Waals surface area (Å²) in [5.41, 5.74) is 1.84. The van der Waals surface area contributed by atoms with Gasteiger partial charge in [0.05, 0.1) is 11.9 Å². The first-order chi connectivity index (χ1) is 15.3. The van der Waals surface area contributed by atoms with E-state index in [0.29, 0.717) is 11.3 Å². The third-order valence-electron chi connectivity index (χ3n) is 5.30. The van der Waals surface area contributed by atoms with Crippen molar-refractivity contribution in [2.24, 2.45) is 5.92 Å². The van der Waals surface area contributed by atoms with E-state index in [0.717, 1.165) is 42.6 Å². The van der Waals surface area contributed by atoms with Gasteiger partial charge in [-0.05, 0) is 44.0 Å². The molecule has 166 valence electrons. The molecule has 0 radical (unpaired) electrons. The van der Waals surface area contributed by atoms with Crippen LogP contribution in [0.5, 0.6) is 0 Å². The van der Waals surface area contributed by atoms with Crippen LogP contribution in [0.3, 0.4) is 0 Å². The van der Waals surface area contributed by atoms with E-state index in [9.17, 15) is 18.0 Å². The van der Waals surface area contributed by atoms with Crippen LogP contribution in [0.1, 0.15) is 41.6 Å². The van der Waals surface area contributed by atoms with Gasteiger partial charge in [0, 0.05) is 17.7 Å². The number of pyridine rings is 1. The van der Waals surface area contributed by atoms with Crippen LogP contribution in [0.4, 0.5) is 15.6 Å². The Morgan fingerprint density at radius 2 is 1.84 bits per heavy atom. The third kappa shape index (κ3) is 4.71. The number of rotatable bonds is 6. The average molecular weight is 471 g/mol. The number of urea groups is 1. The minimum absolute atomic E-state index is 0.0151. The zero-order chi connectivity index (χ0) is 22.7. The molecule has 8 nitrogen and oxygen atoms in total. The SMILES string of the molecule is Cc1ccc(NC(=O)Nc2ncc(S(=O)(=O)c3ccccn3)s2)c(C(=O)C2CCCC2)c1. The second kappa shape index (κ2) is 9.17. The molecule has 0 spiro atoms. The van der Waals surface area contributed by atoms with E-state index in [2.05, 4.69) is 20.6 Å². The Kier molecular flexibility index (Phi) is 6.33. The number of benzene rings is 1. The monoisotopic (exact) mass is 470 g/mol. The molecule has 1 aromatic carbocycles. The van der Waals surface area contributed by atoms with Crippen LogP contribution in [0, 0.1) is 12.8 Å². The Bertz CT molecular complexity index is 1250. The quantitative estimate of drug-likeness (QED) is 0.504. The van der Waals surface area contributed by atoms with Gasteiger partial charge < -0.3 is 5.32 Å². The number of hydrogen-bond acceptors (Lipinski definition) is 7. The summed E-state index contributed by atoms with van der Waals surface area (Å²) in [6.07, 6.45) is 6.40. The fraction of sp³-hybridized carbons (Fsp3) is 0.273. The number of hydrogen-bond donors (Lipinski definition) is 2. The van der Waals surface area contributed by atoms with Gasteiger partial charge in [-0.25, -0.2) is 23.2 Å². The summed E-state index contributed by atoms with van der Waals surface area (Å²) >= 11 is 0.829. The first-order valence-corrected chi connectivity index (χ1v) is 12.5. The van der Waals surface area contributed by atoms with E-state index in [1.165, 1.54) is 18.5 Å². The van der Waals surface area contributed by atoms with Crippen LogP contribution in [0.15, 0.2) is 58.0 Å². The molecule has 1 fully saturated rings. The van der Waals surface area contributed by atoms with Crippen LogP contribution in [-0.4, -0.2) is 30.2 Å². The molecule has 2 heterocycles. The number of sulfone groups is 1. The summed E-state index contributed by atoms with van der Waals surface area (Å²) in [5, 5.41) is 5.28. The summed E-state index contributed by atoms with van der Waals surface area (Å²) in [6.45, 7) is 1.90. The second-order valence-electron chi connectivity index (χ2n) is 7.63. The molecule has 1 saturated carbocycles. The lowest BCUT2D eigenvalue weighted by Crippen LogP contribution is -2.22. The number of carbonyl (C=O) groups is 2. The second-order valence-corrected chi connectivity index (χ2v) is 10.8. The number of anilines is 2. The number of carbonyl (C=O) groups excluding carboxylic acids is 2. The number of Topliss-reactive ketones (excluding diaryl/α,β-unsaturated/α-hetero) is 1. The van der Waals surface area contributed by atoms with Crippen molar-refractivity contribution in [3.63, 3.8) is 0 Å². The van der Waals surface area contributed by atoms with Gasteiger partial charge in [-0.1, -0.05) is 41.9 Å². The Hall–Kier alpha value is -3.11.